The highest BCUT2D eigenvalue weighted by atomic mass is 35.5. The largest absolute Gasteiger partial charge is 0.511 e. The molecule has 3 rings (SSSR count). The summed E-state index contributed by atoms with van der Waals surface area (Å²) < 4.78 is 0. The number of aromatic nitrogens is 1. The lowest BCUT2D eigenvalue weighted by molar-refractivity contribution is -0.384. The van der Waals surface area contributed by atoms with Gasteiger partial charge in [0.2, 0.25) is 5.13 Å². The van der Waals surface area contributed by atoms with Gasteiger partial charge in [0.15, 0.2) is 5.78 Å². The van der Waals surface area contributed by atoms with Crippen molar-refractivity contribution in [1.82, 2.24) is 4.98 Å². The van der Waals surface area contributed by atoms with Crippen LogP contribution >= 0.6 is 23.7 Å². The molecule has 0 spiro atoms. The van der Waals surface area contributed by atoms with Gasteiger partial charge in [0.1, 0.15) is 5.76 Å². The number of halogens is 1. The van der Waals surface area contributed by atoms with Gasteiger partial charge in [-0.3, -0.25) is 14.9 Å². The second-order valence-corrected chi connectivity index (χ2v) is 7.72. The summed E-state index contributed by atoms with van der Waals surface area (Å²) in [6.07, 6.45) is 2.13. The molecule has 1 heterocycles. The highest BCUT2D eigenvalue weighted by molar-refractivity contribution is 7.13. The minimum Gasteiger partial charge on any atom is -0.511 e. The first-order valence-corrected chi connectivity index (χ1v) is 8.83. The van der Waals surface area contributed by atoms with Crippen molar-refractivity contribution < 1.29 is 14.8 Å². The van der Waals surface area contributed by atoms with Crippen LogP contribution in [0.5, 0.6) is 0 Å². The molecule has 0 bridgehead atoms. The zero-order valence-corrected chi connectivity index (χ0v) is 16.3. The number of carbonyl (C=O) groups excluding carboxylic acids is 1. The Morgan fingerprint density at radius 3 is 2.78 bits per heavy atom. The lowest BCUT2D eigenvalue weighted by Gasteiger charge is -2.28. The smallest absolute Gasteiger partial charge is 0.270 e. The number of thiazole rings is 1. The molecule has 142 valence electrons. The summed E-state index contributed by atoms with van der Waals surface area (Å²) in [4.78, 5) is 31.1. The van der Waals surface area contributed by atoms with Crippen LogP contribution in [0.1, 0.15) is 26.7 Å². The molecular formula is C18H18ClN3O4S. The number of non-ortho nitro benzene ring substituents is 1. The average Bonchev–Trinajstić information content (AvgIpc) is 3.02. The predicted octanol–water partition coefficient (Wildman–Crippen LogP) is 5.04. The molecule has 0 aliphatic heterocycles. The molecule has 2 aromatic rings. The van der Waals surface area contributed by atoms with E-state index >= 15 is 0 Å². The van der Waals surface area contributed by atoms with Gasteiger partial charge in [0.25, 0.3) is 5.69 Å². The number of ketones is 1. The van der Waals surface area contributed by atoms with Gasteiger partial charge >= 0.3 is 0 Å². The minimum atomic E-state index is -0.458. The molecule has 0 unspecified atom stereocenters. The lowest BCUT2D eigenvalue weighted by Crippen LogP contribution is -2.26. The molecule has 1 aliphatic carbocycles. The van der Waals surface area contributed by atoms with E-state index in [1.807, 2.05) is 13.8 Å². The first kappa shape index (κ1) is 20.7. The number of rotatable bonds is 4. The number of aliphatic hydroxyl groups is 1. The van der Waals surface area contributed by atoms with E-state index in [9.17, 15) is 20.0 Å². The molecule has 0 atom stereocenters. The maximum absolute atomic E-state index is 12.2. The molecule has 1 aliphatic rings. The summed E-state index contributed by atoms with van der Waals surface area (Å²) in [6.45, 7) is 3.86. The molecule has 0 saturated heterocycles. The van der Waals surface area contributed by atoms with Gasteiger partial charge in [-0.1, -0.05) is 26.0 Å². The number of hydrogen-bond acceptors (Lipinski definition) is 7. The Morgan fingerprint density at radius 1 is 1.37 bits per heavy atom. The molecule has 0 amide bonds. The third-order valence-corrected chi connectivity index (χ3v) is 4.79. The molecule has 7 nitrogen and oxygen atoms in total. The minimum absolute atomic E-state index is 0. The first-order valence-electron chi connectivity index (χ1n) is 7.95. The number of carbonyl (C=O) groups is 1. The van der Waals surface area contributed by atoms with E-state index in [-0.39, 0.29) is 40.6 Å². The predicted molar refractivity (Wildman–Crippen MR) is 107 cm³/mol. The second kappa shape index (κ2) is 7.98. The summed E-state index contributed by atoms with van der Waals surface area (Å²) in [5.74, 6) is -0.0940. The van der Waals surface area contributed by atoms with Gasteiger partial charge < -0.3 is 5.11 Å². The third-order valence-electron chi connectivity index (χ3n) is 4.05. The Hall–Kier alpha value is -2.58. The summed E-state index contributed by atoms with van der Waals surface area (Å²) >= 11 is 1.26. The molecule has 0 fully saturated rings. The maximum atomic E-state index is 12.2. The van der Waals surface area contributed by atoms with Crippen molar-refractivity contribution in [3.8, 4) is 11.3 Å². The van der Waals surface area contributed by atoms with E-state index in [4.69, 9.17) is 0 Å². The quantitative estimate of drug-likeness (QED) is 0.434. The van der Waals surface area contributed by atoms with Crippen molar-refractivity contribution in [2.75, 3.05) is 0 Å². The number of nitrogens with zero attached hydrogens (tertiary/aromatic N) is 3. The summed E-state index contributed by atoms with van der Waals surface area (Å²) in [7, 11) is 0. The molecule has 1 aromatic heterocycles. The molecule has 9 heteroatoms. The van der Waals surface area contributed by atoms with Crippen LogP contribution < -0.4 is 0 Å². The van der Waals surface area contributed by atoms with Gasteiger partial charge in [-0.2, -0.15) is 0 Å². The zero-order valence-electron chi connectivity index (χ0n) is 14.7. The molecule has 1 aromatic carbocycles. The van der Waals surface area contributed by atoms with Crippen molar-refractivity contribution >= 4 is 46.6 Å². The average molecular weight is 408 g/mol. The monoisotopic (exact) mass is 407 g/mol. The van der Waals surface area contributed by atoms with E-state index in [1.165, 1.54) is 29.7 Å². The fourth-order valence-corrected chi connectivity index (χ4v) is 3.47. The standard InChI is InChI=1S/C18H17N3O4S.ClH/c1-18(2)7-15(22)13(16(23)8-18)9-19-17-20-14(10-26-17)11-4-3-5-12(6-11)21(24)25;/h3-6,9-10,22H,7-8H2,1-2H3;1H. The maximum Gasteiger partial charge on any atom is 0.270 e. The third kappa shape index (κ3) is 4.78. The fourth-order valence-electron chi connectivity index (χ4n) is 2.80. The highest BCUT2D eigenvalue weighted by Gasteiger charge is 2.32. The van der Waals surface area contributed by atoms with Crippen molar-refractivity contribution in [2.24, 2.45) is 10.4 Å². The normalized spacial score (nSPS) is 16.4. The number of nitro groups is 1. The van der Waals surface area contributed by atoms with Crippen molar-refractivity contribution in [1.29, 1.82) is 0 Å². The molecular weight excluding hydrogens is 390 g/mol. The topological polar surface area (TPSA) is 106 Å². The van der Waals surface area contributed by atoms with Crippen molar-refractivity contribution in [3.05, 3.63) is 51.1 Å². The SMILES string of the molecule is CC1(C)CC(=O)C(C=Nc2nc(-c3cccc([N+](=O)[O-])c3)cs2)=C(O)C1.Cl. The zero-order chi connectivity index (χ0) is 18.9. The number of hydrogen-bond donors (Lipinski definition) is 1. The van der Waals surface area contributed by atoms with Crippen LogP contribution in [0.2, 0.25) is 0 Å². The first-order chi connectivity index (χ1) is 12.2. The highest BCUT2D eigenvalue weighted by Crippen LogP contribution is 2.35. The Kier molecular flexibility index (Phi) is 6.12. The molecule has 0 radical (unpaired) electrons. The Labute approximate surface area is 166 Å². The van der Waals surface area contributed by atoms with Crippen molar-refractivity contribution in [3.63, 3.8) is 0 Å². The Bertz CT molecular complexity index is 950. The Morgan fingerprint density at radius 2 is 2.11 bits per heavy atom. The van der Waals surface area contributed by atoms with Crippen LogP contribution in [0.3, 0.4) is 0 Å². The van der Waals surface area contributed by atoms with Crippen LogP contribution in [0.15, 0.2) is 46.0 Å². The summed E-state index contributed by atoms with van der Waals surface area (Å²) in [5, 5.41) is 23.1. The second-order valence-electron chi connectivity index (χ2n) is 6.88. The number of allylic oxidation sites excluding steroid dienone is 2. The summed E-state index contributed by atoms with van der Waals surface area (Å²) in [6, 6.07) is 6.20. The van der Waals surface area contributed by atoms with Crippen molar-refractivity contribution in [2.45, 2.75) is 26.7 Å². The van der Waals surface area contributed by atoms with Gasteiger partial charge in [-0.25, -0.2) is 9.98 Å². The van der Waals surface area contributed by atoms with E-state index in [0.717, 1.165) is 0 Å². The number of aliphatic hydroxyl groups excluding tert-OH is 1. The number of benzene rings is 1. The number of nitro benzene ring substituents is 1. The van der Waals surface area contributed by atoms with Gasteiger partial charge in [0, 0.05) is 42.1 Å². The van der Waals surface area contributed by atoms with E-state index < -0.39 is 4.92 Å². The van der Waals surface area contributed by atoms with Gasteiger partial charge in [0.05, 0.1) is 16.2 Å². The van der Waals surface area contributed by atoms with Crippen LogP contribution in [0, 0.1) is 15.5 Å². The van der Waals surface area contributed by atoms with Gasteiger partial charge in [-0.05, 0) is 5.41 Å². The number of Topliss-reactive ketones (excluding diaryl/α,β-unsaturated/α-hetero) is 1. The molecule has 0 saturated carbocycles. The van der Waals surface area contributed by atoms with E-state index in [2.05, 4.69) is 9.98 Å². The van der Waals surface area contributed by atoms with Crippen LogP contribution in [-0.4, -0.2) is 27.0 Å². The molecule has 27 heavy (non-hydrogen) atoms. The fraction of sp³-hybridized carbons (Fsp3) is 0.278. The molecule has 1 N–H and O–H groups in total. The number of aliphatic imine (C=N–C) groups is 1. The lowest BCUT2D eigenvalue weighted by atomic mass is 9.77. The summed E-state index contributed by atoms with van der Waals surface area (Å²) in [5.41, 5.74) is 1.14. The van der Waals surface area contributed by atoms with Crippen LogP contribution in [-0.2, 0) is 4.79 Å². The van der Waals surface area contributed by atoms with Crippen LogP contribution in [0.25, 0.3) is 11.3 Å². The van der Waals surface area contributed by atoms with Gasteiger partial charge in [-0.15, -0.1) is 23.7 Å². The van der Waals surface area contributed by atoms with Crippen LogP contribution in [0.4, 0.5) is 10.8 Å². The Balaban J connectivity index is 0.00000261. The van der Waals surface area contributed by atoms with E-state index in [0.29, 0.717) is 29.2 Å². The van der Waals surface area contributed by atoms with E-state index in [1.54, 1.807) is 17.5 Å².